The number of benzene rings is 1. The van der Waals surface area contributed by atoms with Gasteiger partial charge in [-0.2, -0.15) is 13.2 Å². The lowest BCUT2D eigenvalue weighted by molar-refractivity contribution is -0.149. The summed E-state index contributed by atoms with van der Waals surface area (Å²) in [6.45, 7) is 5.45. The molecule has 112 valence electrons. The summed E-state index contributed by atoms with van der Waals surface area (Å²) in [7, 11) is 0. The fraction of sp³-hybridized carbons (Fsp3) is 0.500. The lowest BCUT2D eigenvalue weighted by Gasteiger charge is -2.25. The van der Waals surface area contributed by atoms with Crippen molar-refractivity contribution in [3.63, 3.8) is 0 Å². The number of hydrogen-bond acceptors (Lipinski definition) is 2. The van der Waals surface area contributed by atoms with E-state index in [1.165, 1.54) is 18.2 Å². The Balaban J connectivity index is 3.32. The van der Waals surface area contributed by atoms with Gasteiger partial charge in [-0.25, -0.2) is 0 Å². The molecule has 6 heteroatoms. The van der Waals surface area contributed by atoms with Crippen LogP contribution in [0.3, 0.4) is 0 Å². The van der Waals surface area contributed by atoms with Gasteiger partial charge < -0.3 is 10.8 Å². The minimum Gasteiger partial charge on any atom is -0.481 e. The highest BCUT2D eigenvalue weighted by Crippen LogP contribution is 2.34. The highest BCUT2D eigenvalue weighted by Gasteiger charge is 2.38. The molecule has 1 aromatic carbocycles. The van der Waals surface area contributed by atoms with Crippen molar-refractivity contribution in [1.82, 2.24) is 0 Å². The lowest BCUT2D eigenvalue weighted by atomic mass is 9.81. The molecule has 0 saturated heterocycles. The summed E-state index contributed by atoms with van der Waals surface area (Å²) in [4.78, 5) is 10.8. The van der Waals surface area contributed by atoms with Crippen molar-refractivity contribution in [3.05, 3.63) is 34.9 Å². The van der Waals surface area contributed by atoms with Crippen LogP contribution in [0, 0.1) is 0 Å². The second kappa shape index (κ2) is 5.44. The topological polar surface area (TPSA) is 63.3 Å². The molecule has 20 heavy (non-hydrogen) atoms. The first kappa shape index (κ1) is 16.5. The Morgan fingerprint density at radius 3 is 2.25 bits per heavy atom. The molecule has 0 bridgehead atoms. The molecule has 0 heterocycles. The van der Waals surface area contributed by atoms with Crippen molar-refractivity contribution >= 4 is 5.97 Å². The molecular formula is C14H18F3NO2. The SMILES string of the molecule is CC(C)(C)c1cc(C(N)C(F)(F)F)ccc1CC(=O)O. The van der Waals surface area contributed by atoms with E-state index in [9.17, 15) is 18.0 Å². The Morgan fingerprint density at radius 1 is 1.30 bits per heavy atom. The number of halogens is 3. The van der Waals surface area contributed by atoms with Gasteiger partial charge in [-0.1, -0.05) is 39.0 Å². The molecule has 0 aliphatic rings. The molecular weight excluding hydrogens is 271 g/mol. The average molecular weight is 289 g/mol. The van der Waals surface area contributed by atoms with E-state index in [-0.39, 0.29) is 12.0 Å². The van der Waals surface area contributed by atoms with Crippen molar-refractivity contribution in [2.24, 2.45) is 5.73 Å². The third-order valence-electron chi connectivity index (χ3n) is 3.00. The number of carbonyl (C=O) groups is 1. The minimum atomic E-state index is -4.52. The fourth-order valence-electron chi connectivity index (χ4n) is 1.99. The normalized spacial score (nSPS) is 14.2. The average Bonchev–Trinajstić information content (AvgIpc) is 2.25. The Bertz CT molecular complexity index is 504. The van der Waals surface area contributed by atoms with Crippen LogP contribution < -0.4 is 5.73 Å². The van der Waals surface area contributed by atoms with Gasteiger partial charge in [0.15, 0.2) is 0 Å². The van der Waals surface area contributed by atoms with Gasteiger partial charge in [-0.05, 0) is 22.1 Å². The number of rotatable bonds is 3. The van der Waals surface area contributed by atoms with Gasteiger partial charge in [0, 0.05) is 0 Å². The minimum absolute atomic E-state index is 0.0587. The monoisotopic (exact) mass is 289 g/mol. The molecule has 0 aliphatic heterocycles. The molecule has 1 aromatic rings. The molecule has 1 atom stereocenters. The Labute approximate surface area is 115 Å². The number of nitrogens with two attached hydrogens (primary N) is 1. The molecule has 0 aromatic heterocycles. The molecule has 0 spiro atoms. The van der Waals surface area contributed by atoms with Crippen LogP contribution in [0.15, 0.2) is 18.2 Å². The number of hydrogen-bond donors (Lipinski definition) is 2. The van der Waals surface area contributed by atoms with Crippen LogP contribution >= 0.6 is 0 Å². The molecule has 0 amide bonds. The summed E-state index contributed by atoms with van der Waals surface area (Å²) in [5, 5.41) is 8.86. The maximum atomic E-state index is 12.7. The van der Waals surface area contributed by atoms with Gasteiger partial charge in [0.2, 0.25) is 0 Å². The van der Waals surface area contributed by atoms with Gasteiger partial charge in [0.25, 0.3) is 0 Å². The van der Waals surface area contributed by atoms with Crippen LogP contribution in [0.25, 0.3) is 0 Å². The van der Waals surface area contributed by atoms with Crippen LogP contribution in [-0.2, 0) is 16.6 Å². The van der Waals surface area contributed by atoms with Gasteiger partial charge in [0.05, 0.1) is 6.42 Å². The van der Waals surface area contributed by atoms with E-state index >= 15 is 0 Å². The Kier molecular flexibility index (Phi) is 4.49. The first-order chi connectivity index (χ1) is 8.93. The van der Waals surface area contributed by atoms with Gasteiger partial charge in [-0.15, -0.1) is 0 Å². The van der Waals surface area contributed by atoms with Crippen molar-refractivity contribution < 1.29 is 23.1 Å². The largest absolute Gasteiger partial charge is 0.481 e. The van der Waals surface area contributed by atoms with Crippen LogP contribution in [0.2, 0.25) is 0 Å². The van der Waals surface area contributed by atoms with Crippen LogP contribution in [-0.4, -0.2) is 17.3 Å². The van der Waals surface area contributed by atoms with E-state index in [1.54, 1.807) is 0 Å². The van der Waals surface area contributed by atoms with Gasteiger partial charge >= 0.3 is 12.1 Å². The molecule has 1 unspecified atom stereocenters. The highest BCUT2D eigenvalue weighted by atomic mass is 19.4. The summed E-state index contributed by atoms with van der Waals surface area (Å²) in [5.74, 6) is -1.02. The van der Waals surface area contributed by atoms with Crippen LogP contribution in [0.5, 0.6) is 0 Å². The van der Waals surface area contributed by atoms with E-state index in [0.29, 0.717) is 11.1 Å². The van der Waals surface area contributed by atoms with Crippen molar-refractivity contribution in [2.75, 3.05) is 0 Å². The molecule has 0 fully saturated rings. The summed E-state index contributed by atoms with van der Waals surface area (Å²) in [6.07, 6.45) is -4.75. The predicted octanol–water partition coefficient (Wildman–Crippen LogP) is 3.17. The van der Waals surface area contributed by atoms with Crippen molar-refractivity contribution in [2.45, 2.75) is 44.8 Å². The van der Waals surface area contributed by atoms with E-state index < -0.39 is 23.6 Å². The van der Waals surface area contributed by atoms with Gasteiger partial charge in [-0.3, -0.25) is 4.79 Å². The third kappa shape index (κ3) is 3.96. The standard InChI is InChI=1S/C14H18F3NO2/c1-13(2,3)10-6-9(12(18)14(15,16)17)5-4-8(10)7-11(19)20/h4-6,12H,7,18H2,1-3H3,(H,19,20). The third-order valence-corrected chi connectivity index (χ3v) is 3.00. The summed E-state index contributed by atoms with van der Waals surface area (Å²) in [5.41, 5.74) is 5.74. The number of carboxylic acids is 1. The lowest BCUT2D eigenvalue weighted by Crippen LogP contribution is -2.29. The molecule has 0 radical (unpaired) electrons. The summed E-state index contributed by atoms with van der Waals surface area (Å²) < 4.78 is 38.0. The zero-order valence-electron chi connectivity index (χ0n) is 11.6. The van der Waals surface area contributed by atoms with Crippen molar-refractivity contribution in [3.8, 4) is 0 Å². The van der Waals surface area contributed by atoms with Crippen molar-refractivity contribution in [1.29, 1.82) is 0 Å². The molecule has 0 aliphatic carbocycles. The smallest absolute Gasteiger partial charge is 0.407 e. The molecule has 0 saturated carbocycles. The first-order valence-electron chi connectivity index (χ1n) is 6.10. The Morgan fingerprint density at radius 2 is 1.85 bits per heavy atom. The first-order valence-corrected chi connectivity index (χ1v) is 6.10. The summed E-state index contributed by atoms with van der Waals surface area (Å²) >= 11 is 0. The quantitative estimate of drug-likeness (QED) is 0.898. The van der Waals surface area contributed by atoms with E-state index in [1.807, 2.05) is 20.8 Å². The van der Waals surface area contributed by atoms with Crippen LogP contribution in [0.1, 0.15) is 43.5 Å². The van der Waals surface area contributed by atoms with E-state index in [0.717, 1.165) is 0 Å². The molecule has 1 rings (SSSR count). The Hall–Kier alpha value is -1.56. The zero-order chi connectivity index (χ0) is 15.7. The fourth-order valence-corrected chi connectivity index (χ4v) is 1.99. The van der Waals surface area contributed by atoms with E-state index in [2.05, 4.69) is 0 Å². The predicted molar refractivity (Wildman–Crippen MR) is 69.5 cm³/mol. The second-order valence-corrected chi connectivity index (χ2v) is 5.76. The van der Waals surface area contributed by atoms with E-state index in [4.69, 9.17) is 10.8 Å². The van der Waals surface area contributed by atoms with Crippen LogP contribution in [0.4, 0.5) is 13.2 Å². The van der Waals surface area contributed by atoms with Gasteiger partial charge in [0.1, 0.15) is 6.04 Å². The maximum Gasteiger partial charge on any atom is 0.407 e. The number of carboxylic acid groups (broad SMARTS) is 1. The zero-order valence-corrected chi connectivity index (χ0v) is 11.6. The second-order valence-electron chi connectivity index (χ2n) is 5.76. The maximum absolute atomic E-state index is 12.7. The molecule has 3 nitrogen and oxygen atoms in total. The number of alkyl halides is 3. The number of aliphatic carboxylic acids is 1. The highest BCUT2D eigenvalue weighted by molar-refractivity contribution is 5.71. The summed E-state index contributed by atoms with van der Waals surface area (Å²) in [6, 6.07) is 1.94. The molecule has 3 N–H and O–H groups in total.